The van der Waals surface area contributed by atoms with Crippen LogP contribution in [0.3, 0.4) is 0 Å². The van der Waals surface area contributed by atoms with Crippen molar-refractivity contribution < 1.29 is 29.1 Å². The Hall–Kier alpha value is -3.69. The number of aliphatic hydroxyl groups excluding tert-OH is 2. The van der Waals surface area contributed by atoms with Gasteiger partial charge in [0.25, 0.3) is 11.5 Å². The quantitative estimate of drug-likeness (QED) is 0.235. The van der Waals surface area contributed by atoms with Crippen molar-refractivity contribution in [2.75, 3.05) is 13.2 Å². The van der Waals surface area contributed by atoms with Gasteiger partial charge in [0.05, 0.1) is 12.7 Å². The number of carbonyl (C=O) groups is 2. The normalized spacial score (nSPS) is 12.6. The maximum atomic E-state index is 12.5. The predicted octanol–water partition coefficient (Wildman–Crippen LogP) is 2.04. The van der Waals surface area contributed by atoms with Gasteiger partial charge in [-0.25, -0.2) is 4.79 Å². The maximum Gasteiger partial charge on any atom is 0.335 e. The van der Waals surface area contributed by atoms with E-state index in [0.717, 1.165) is 22.8 Å². The van der Waals surface area contributed by atoms with E-state index in [4.69, 9.17) is 14.4 Å². The fourth-order valence-electron chi connectivity index (χ4n) is 3.44. The van der Waals surface area contributed by atoms with Gasteiger partial charge in [-0.15, -0.1) is 0 Å². The molecule has 1 amide bonds. The highest BCUT2D eigenvalue weighted by Crippen LogP contribution is 2.20. The number of aromatic amines is 1. The third-order valence-electron chi connectivity index (χ3n) is 5.20. The molecule has 0 spiro atoms. The van der Waals surface area contributed by atoms with Gasteiger partial charge in [0, 0.05) is 19.1 Å². The smallest absolute Gasteiger partial charge is 0.335 e. The van der Waals surface area contributed by atoms with Crippen LogP contribution in [0.25, 0.3) is 11.1 Å². The van der Waals surface area contributed by atoms with Crippen molar-refractivity contribution in [3.63, 3.8) is 0 Å². The second-order valence-corrected chi connectivity index (χ2v) is 7.86. The van der Waals surface area contributed by atoms with Crippen LogP contribution in [0.2, 0.25) is 0 Å². The van der Waals surface area contributed by atoms with Gasteiger partial charge in [-0.05, 0) is 36.0 Å². The fourth-order valence-corrected chi connectivity index (χ4v) is 3.44. The molecule has 4 N–H and O–H groups in total. The summed E-state index contributed by atoms with van der Waals surface area (Å²) in [5.74, 6) is -1.65. The molecule has 34 heavy (non-hydrogen) atoms. The first-order chi connectivity index (χ1) is 16.5. The number of unbranched alkanes of at least 4 members (excludes halogenated alkanes) is 1. The first-order valence-electron chi connectivity index (χ1n) is 11.1. The van der Waals surface area contributed by atoms with E-state index < -0.39 is 29.6 Å². The zero-order valence-electron chi connectivity index (χ0n) is 18.6. The number of ether oxygens (including phenoxy) is 1. The molecule has 1 heterocycles. The van der Waals surface area contributed by atoms with Gasteiger partial charge < -0.3 is 24.8 Å². The van der Waals surface area contributed by atoms with Crippen LogP contribution in [0.4, 0.5) is 0 Å². The molecule has 0 saturated carbocycles. The Bertz CT molecular complexity index is 1110. The Morgan fingerprint density at radius 2 is 1.74 bits per heavy atom. The molecule has 0 fully saturated rings. The number of H-pyrrole nitrogens is 1. The second-order valence-electron chi connectivity index (χ2n) is 7.86. The molecule has 2 aromatic carbocycles. The molecular weight excluding hydrogens is 440 g/mol. The van der Waals surface area contributed by atoms with Crippen LogP contribution in [0.5, 0.6) is 0 Å². The molecule has 9 heteroatoms. The van der Waals surface area contributed by atoms with Crippen molar-refractivity contribution in [1.82, 2.24) is 10.5 Å². The third-order valence-corrected chi connectivity index (χ3v) is 5.20. The number of nitrogens with one attached hydrogen (secondary N) is 2. The van der Waals surface area contributed by atoms with Crippen LogP contribution in [0.15, 0.2) is 70.0 Å². The molecule has 9 nitrogen and oxygen atoms in total. The van der Waals surface area contributed by atoms with Crippen molar-refractivity contribution in [2.24, 2.45) is 0 Å². The molecule has 3 rings (SSSR count). The van der Waals surface area contributed by atoms with E-state index in [1.54, 1.807) is 0 Å². The van der Waals surface area contributed by atoms with Gasteiger partial charge in [0.2, 0.25) is 5.76 Å². The van der Waals surface area contributed by atoms with Crippen LogP contribution in [-0.2, 0) is 16.0 Å². The van der Waals surface area contributed by atoms with Crippen molar-refractivity contribution in [2.45, 2.75) is 37.8 Å². The number of benzene rings is 2. The van der Waals surface area contributed by atoms with Gasteiger partial charge in [-0.1, -0.05) is 54.6 Å². The molecule has 1 aromatic heterocycles. The summed E-state index contributed by atoms with van der Waals surface area (Å²) < 4.78 is 9.88. The molecule has 0 radical (unpaired) electrons. The summed E-state index contributed by atoms with van der Waals surface area (Å²) >= 11 is 0. The van der Waals surface area contributed by atoms with Crippen LogP contribution in [-0.4, -0.2) is 52.6 Å². The van der Waals surface area contributed by atoms with E-state index in [-0.39, 0.29) is 25.4 Å². The molecule has 0 aliphatic rings. The summed E-state index contributed by atoms with van der Waals surface area (Å²) in [5.41, 5.74) is 2.43. The topological polar surface area (TPSA) is 142 Å². The number of hydrogen-bond acceptors (Lipinski definition) is 7. The third kappa shape index (κ3) is 7.43. The minimum Gasteiger partial charge on any atom is -0.464 e. The number of aromatic nitrogens is 1. The summed E-state index contributed by atoms with van der Waals surface area (Å²) in [6, 6.07) is 18.0. The largest absolute Gasteiger partial charge is 0.464 e. The van der Waals surface area contributed by atoms with Crippen molar-refractivity contribution in [3.05, 3.63) is 82.3 Å². The summed E-state index contributed by atoms with van der Waals surface area (Å²) in [4.78, 5) is 35.9. The van der Waals surface area contributed by atoms with Crippen molar-refractivity contribution in [3.8, 4) is 11.1 Å². The van der Waals surface area contributed by atoms with E-state index in [1.807, 2.05) is 54.6 Å². The molecule has 2 atom stereocenters. The average Bonchev–Trinajstić information content (AvgIpc) is 3.29. The maximum absolute atomic E-state index is 12.5. The Balaban J connectivity index is 1.68. The highest BCUT2D eigenvalue weighted by molar-refractivity contribution is 5.91. The molecule has 180 valence electrons. The number of esters is 1. The van der Waals surface area contributed by atoms with E-state index in [2.05, 4.69) is 10.5 Å². The van der Waals surface area contributed by atoms with E-state index in [9.17, 15) is 19.5 Å². The second kappa shape index (κ2) is 12.5. The van der Waals surface area contributed by atoms with E-state index in [0.29, 0.717) is 19.3 Å². The Morgan fingerprint density at radius 1 is 1.03 bits per heavy atom. The molecular formula is C25H28N2O7. The summed E-state index contributed by atoms with van der Waals surface area (Å²) in [5, 5.41) is 23.9. The summed E-state index contributed by atoms with van der Waals surface area (Å²) in [6.45, 7) is 0.0789. The molecule has 0 aliphatic heterocycles. The van der Waals surface area contributed by atoms with Gasteiger partial charge in [0.1, 0.15) is 0 Å². The highest BCUT2D eigenvalue weighted by atomic mass is 16.5. The first-order valence-corrected chi connectivity index (χ1v) is 11.1. The molecule has 0 bridgehead atoms. The molecule has 3 aromatic rings. The predicted molar refractivity (Wildman–Crippen MR) is 124 cm³/mol. The van der Waals surface area contributed by atoms with Gasteiger partial charge in [-0.2, -0.15) is 5.16 Å². The highest BCUT2D eigenvalue weighted by Gasteiger charge is 2.25. The van der Waals surface area contributed by atoms with E-state index >= 15 is 0 Å². The lowest BCUT2D eigenvalue weighted by molar-refractivity contribution is -0.154. The zero-order valence-corrected chi connectivity index (χ0v) is 18.6. The van der Waals surface area contributed by atoms with Crippen molar-refractivity contribution in [1.29, 1.82) is 0 Å². The molecule has 0 saturated heterocycles. The lowest BCUT2D eigenvalue weighted by atomic mass is 9.97. The monoisotopic (exact) mass is 468 g/mol. The fraction of sp³-hybridized carbons (Fsp3) is 0.320. The zero-order chi connectivity index (χ0) is 24.3. The standard InChI is InChI=1S/C25H28N2O7/c28-12-4-5-13-33-25(32)21(29)15-20(26-24(31)22-16-23(30)27-34-22)14-17-8-10-19(11-9-17)18-6-2-1-3-7-18/h1-3,6-11,16,20-21,28-29H,4-5,12-15H2,(H,26,31)(H,27,30)/t20-,21-/m1/s1. The number of rotatable bonds is 12. The summed E-state index contributed by atoms with van der Waals surface area (Å²) in [7, 11) is 0. The number of carbonyl (C=O) groups excluding carboxylic acids is 2. The minimum atomic E-state index is -1.46. The van der Waals surface area contributed by atoms with Gasteiger partial charge in [0.15, 0.2) is 6.10 Å². The Labute approximate surface area is 196 Å². The van der Waals surface area contributed by atoms with Crippen LogP contribution in [0, 0.1) is 0 Å². The SMILES string of the molecule is O=C(N[C@H](Cc1ccc(-c2ccccc2)cc1)C[C@@H](O)C(=O)OCCCCO)c1cc(=O)[nH]o1. The van der Waals surface area contributed by atoms with Gasteiger partial charge >= 0.3 is 5.97 Å². The van der Waals surface area contributed by atoms with E-state index in [1.165, 1.54) is 0 Å². The Kier molecular flexibility index (Phi) is 9.19. The van der Waals surface area contributed by atoms with Crippen LogP contribution in [0.1, 0.15) is 35.4 Å². The lowest BCUT2D eigenvalue weighted by Gasteiger charge is -2.21. The van der Waals surface area contributed by atoms with Crippen LogP contribution < -0.4 is 10.9 Å². The molecule has 0 aliphatic carbocycles. The number of aliphatic hydroxyl groups is 2. The average molecular weight is 469 g/mol. The minimum absolute atomic E-state index is 0.00739. The first kappa shape index (κ1) is 24.9. The Morgan fingerprint density at radius 3 is 2.38 bits per heavy atom. The number of hydrogen-bond donors (Lipinski definition) is 4. The van der Waals surface area contributed by atoms with Crippen LogP contribution >= 0.6 is 0 Å². The summed E-state index contributed by atoms with van der Waals surface area (Å²) in [6.07, 6.45) is -0.260. The van der Waals surface area contributed by atoms with Crippen molar-refractivity contribution >= 4 is 11.9 Å². The number of amides is 1. The molecule has 0 unspecified atom stereocenters. The lowest BCUT2D eigenvalue weighted by Crippen LogP contribution is -2.41. The van der Waals surface area contributed by atoms with Gasteiger partial charge in [-0.3, -0.25) is 9.59 Å².